The van der Waals surface area contributed by atoms with Crippen LogP contribution < -0.4 is 11.1 Å². The Morgan fingerprint density at radius 2 is 2.00 bits per heavy atom. The Hall–Kier alpha value is -1.10. The van der Waals surface area contributed by atoms with Crippen LogP contribution in [0.2, 0.25) is 0 Å². The van der Waals surface area contributed by atoms with E-state index in [9.17, 15) is 9.59 Å². The van der Waals surface area contributed by atoms with Crippen molar-refractivity contribution in [2.75, 3.05) is 0 Å². The number of rotatable bonds is 8. The third-order valence-corrected chi connectivity index (χ3v) is 2.35. The molecule has 0 rings (SSSR count). The molecule has 0 bridgehead atoms. The van der Waals surface area contributed by atoms with E-state index in [0.717, 1.165) is 6.42 Å². The van der Waals surface area contributed by atoms with Crippen LogP contribution in [0.1, 0.15) is 46.0 Å². The van der Waals surface area contributed by atoms with Gasteiger partial charge < -0.3 is 16.2 Å². The van der Waals surface area contributed by atoms with Gasteiger partial charge in [0.2, 0.25) is 5.91 Å². The maximum atomic E-state index is 11.5. The normalized spacial score (nSPS) is 14.2. The second-order valence-corrected chi connectivity index (χ2v) is 4.09. The highest BCUT2D eigenvalue weighted by Crippen LogP contribution is 2.01. The van der Waals surface area contributed by atoms with Crippen molar-refractivity contribution in [1.29, 1.82) is 0 Å². The Kier molecular flexibility index (Phi) is 7.54. The summed E-state index contributed by atoms with van der Waals surface area (Å²) in [4.78, 5) is 21.8. The molecule has 0 spiro atoms. The third-order valence-electron chi connectivity index (χ3n) is 2.35. The summed E-state index contributed by atoms with van der Waals surface area (Å²) in [5.41, 5.74) is 5.65. The van der Waals surface area contributed by atoms with Crippen LogP contribution in [0.15, 0.2) is 0 Å². The maximum Gasteiger partial charge on any atom is 0.303 e. The van der Waals surface area contributed by atoms with Gasteiger partial charge in [0.05, 0.1) is 6.04 Å². The molecule has 0 aliphatic rings. The molecule has 0 radical (unpaired) electrons. The Morgan fingerprint density at radius 3 is 2.50 bits per heavy atom. The molecule has 94 valence electrons. The van der Waals surface area contributed by atoms with E-state index in [0.29, 0.717) is 19.3 Å². The molecule has 1 amide bonds. The molecule has 0 aliphatic heterocycles. The van der Waals surface area contributed by atoms with Crippen LogP contribution in [0.3, 0.4) is 0 Å². The summed E-state index contributed by atoms with van der Waals surface area (Å²) >= 11 is 0. The molecule has 0 saturated heterocycles. The van der Waals surface area contributed by atoms with Gasteiger partial charge in [-0.3, -0.25) is 9.59 Å². The molecule has 2 atom stereocenters. The summed E-state index contributed by atoms with van der Waals surface area (Å²) in [5.74, 6) is -0.953. The van der Waals surface area contributed by atoms with E-state index < -0.39 is 12.0 Å². The number of aliphatic carboxylic acids is 1. The summed E-state index contributed by atoms with van der Waals surface area (Å²) in [6.45, 7) is 3.84. The van der Waals surface area contributed by atoms with E-state index in [1.807, 2.05) is 13.8 Å². The summed E-state index contributed by atoms with van der Waals surface area (Å²) < 4.78 is 0. The van der Waals surface area contributed by atoms with Gasteiger partial charge in [-0.05, 0) is 26.2 Å². The SMILES string of the molecule is CCC[C@@H](N)C(=O)NC(C)CCCC(=O)O. The molecular weight excluding hydrogens is 208 g/mol. The van der Waals surface area contributed by atoms with Gasteiger partial charge in [0, 0.05) is 12.5 Å². The van der Waals surface area contributed by atoms with Gasteiger partial charge in [0.1, 0.15) is 0 Å². The van der Waals surface area contributed by atoms with E-state index in [4.69, 9.17) is 10.8 Å². The molecule has 4 N–H and O–H groups in total. The fourth-order valence-electron chi connectivity index (χ4n) is 1.42. The van der Waals surface area contributed by atoms with Crippen molar-refractivity contribution >= 4 is 11.9 Å². The van der Waals surface area contributed by atoms with Gasteiger partial charge in [-0.2, -0.15) is 0 Å². The molecule has 16 heavy (non-hydrogen) atoms. The van der Waals surface area contributed by atoms with Crippen molar-refractivity contribution in [3.63, 3.8) is 0 Å². The Morgan fingerprint density at radius 1 is 1.38 bits per heavy atom. The number of hydrogen-bond acceptors (Lipinski definition) is 3. The van der Waals surface area contributed by atoms with Crippen LogP contribution in [0.5, 0.6) is 0 Å². The van der Waals surface area contributed by atoms with Gasteiger partial charge >= 0.3 is 5.97 Å². The van der Waals surface area contributed by atoms with Gasteiger partial charge in [-0.1, -0.05) is 13.3 Å². The average Bonchev–Trinajstić information content (AvgIpc) is 2.17. The monoisotopic (exact) mass is 230 g/mol. The van der Waals surface area contributed by atoms with Crippen LogP contribution in [0.25, 0.3) is 0 Å². The zero-order valence-corrected chi connectivity index (χ0v) is 10.0. The van der Waals surface area contributed by atoms with E-state index in [1.54, 1.807) is 0 Å². The number of hydrogen-bond donors (Lipinski definition) is 3. The first-order valence-corrected chi connectivity index (χ1v) is 5.75. The van der Waals surface area contributed by atoms with Crippen LogP contribution in [-0.2, 0) is 9.59 Å². The molecule has 0 aromatic heterocycles. The number of carboxylic acids is 1. The van der Waals surface area contributed by atoms with Gasteiger partial charge in [-0.25, -0.2) is 0 Å². The van der Waals surface area contributed by atoms with Crippen molar-refractivity contribution in [1.82, 2.24) is 5.32 Å². The summed E-state index contributed by atoms with van der Waals surface area (Å²) in [6.07, 6.45) is 2.92. The highest BCUT2D eigenvalue weighted by molar-refractivity contribution is 5.81. The summed E-state index contributed by atoms with van der Waals surface area (Å²) in [5, 5.41) is 11.2. The Bertz CT molecular complexity index is 231. The molecule has 0 aromatic carbocycles. The number of nitrogens with one attached hydrogen (secondary N) is 1. The molecule has 0 heterocycles. The second kappa shape index (κ2) is 8.10. The summed E-state index contributed by atoms with van der Waals surface area (Å²) in [6, 6.07) is -0.471. The van der Waals surface area contributed by atoms with Crippen LogP contribution in [0, 0.1) is 0 Å². The lowest BCUT2D eigenvalue weighted by atomic mass is 10.1. The van der Waals surface area contributed by atoms with Gasteiger partial charge in [-0.15, -0.1) is 0 Å². The maximum absolute atomic E-state index is 11.5. The molecule has 0 aliphatic carbocycles. The van der Waals surface area contributed by atoms with Crippen molar-refractivity contribution in [3.05, 3.63) is 0 Å². The number of carbonyl (C=O) groups is 2. The minimum Gasteiger partial charge on any atom is -0.481 e. The first kappa shape index (κ1) is 14.9. The first-order valence-electron chi connectivity index (χ1n) is 5.75. The zero-order chi connectivity index (χ0) is 12.6. The highest BCUT2D eigenvalue weighted by Gasteiger charge is 2.14. The topological polar surface area (TPSA) is 92.4 Å². The fourth-order valence-corrected chi connectivity index (χ4v) is 1.42. The lowest BCUT2D eigenvalue weighted by molar-refractivity contribution is -0.137. The predicted octanol–water partition coefficient (Wildman–Crippen LogP) is 0.873. The Balaban J connectivity index is 3.73. The van der Waals surface area contributed by atoms with Gasteiger partial charge in [0.15, 0.2) is 0 Å². The van der Waals surface area contributed by atoms with E-state index in [1.165, 1.54) is 0 Å². The molecule has 0 fully saturated rings. The standard InChI is InChI=1S/C11H22N2O3/c1-3-5-9(12)11(16)13-8(2)6-4-7-10(14)15/h8-9H,3-7,12H2,1-2H3,(H,13,16)(H,14,15)/t8?,9-/m1/s1. The molecule has 0 aromatic rings. The lowest BCUT2D eigenvalue weighted by Crippen LogP contribution is -2.44. The molecule has 5 heteroatoms. The van der Waals surface area contributed by atoms with Crippen molar-refractivity contribution in [2.24, 2.45) is 5.73 Å². The van der Waals surface area contributed by atoms with E-state index in [2.05, 4.69) is 5.32 Å². The molecular formula is C11H22N2O3. The highest BCUT2D eigenvalue weighted by atomic mass is 16.4. The smallest absolute Gasteiger partial charge is 0.303 e. The number of amides is 1. The fraction of sp³-hybridized carbons (Fsp3) is 0.818. The predicted molar refractivity (Wildman–Crippen MR) is 62.0 cm³/mol. The lowest BCUT2D eigenvalue weighted by Gasteiger charge is -2.16. The van der Waals surface area contributed by atoms with E-state index in [-0.39, 0.29) is 18.4 Å². The zero-order valence-electron chi connectivity index (χ0n) is 10.0. The Labute approximate surface area is 96.4 Å². The number of nitrogens with two attached hydrogens (primary N) is 1. The third kappa shape index (κ3) is 7.23. The number of carboxylic acid groups (broad SMARTS) is 1. The average molecular weight is 230 g/mol. The van der Waals surface area contributed by atoms with E-state index >= 15 is 0 Å². The molecule has 1 unspecified atom stereocenters. The first-order chi connectivity index (χ1) is 7.47. The summed E-state index contributed by atoms with van der Waals surface area (Å²) in [7, 11) is 0. The van der Waals surface area contributed by atoms with Crippen molar-refractivity contribution < 1.29 is 14.7 Å². The number of carbonyl (C=O) groups excluding carboxylic acids is 1. The van der Waals surface area contributed by atoms with Crippen LogP contribution >= 0.6 is 0 Å². The van der Waals surface area contributed by atoms with Crippen molar-refractivity contribution in [3.8, 4) is 0 Å². The minimum atomic E-state index is -0.804. The molecule has 0 saturated carbocycles. The molecule has 5 nitrogen and oxygen atoms in total. The van der Waals surface area contributed by atoms with Gasteiger partial charge in [0.25, 0.3) is 0 Å². The minimum absolute atomic E-state index is 0.0187. The largest absolute Gasteiger partial charge is 0.481 e. The van der Waals surface area contributed by atoms with Crippen LogP contribution in [0.4, 0.5) is 0 Å². The van der Waals surface area contributed by atoms with Crippen LogP contribution in [-0.4, -0.2) is 29.1 Å². The quantitative estimate of drug-likeness (QED) is 0.577. The second-order valence-electron chi connectivity index (χ2n) is 4.09. The van der Waals surface area contributed by atoms with Crippen molar-refractivity contribution in [2.45, 2.75) is 58.0 Å².